The van der Waals surface area contributed by atoms with Gasteiger partial charge in [-0.15, -0.1) is 24.0 Å². The molecule has 1 N–H and O–H groups in total. The van der Waals surface area contributed by atoms with Crippen LogP contribution in [-0.2, 0) is 6.54 Å². The zero-order valence-corrected chi connectivity index (χ0v) is 17.7. The SMILES string of the molecule is CN=C(NCc1ccccc1)N1CCN(c2ccccc2OC)CC1.I. The first-order valence-corrected chi connectivity index (χ1v) is 8.69. The first-order chi connectivity index (χ1) is 12.3. The van der Waals surface area contributed by atoms with E-state index in [0.717, 1.165) is 50.1 Å². The molecule has 1 fully saturated rings. The second kappa shape index (κ2) is 10.3. The van der Waals surface area contributed by atoms with E-state index in [-0.39, 0.29) is 24.0 Å². The number of piperazine rings is 1. The summed E-state index contributed by atoms with van der Waals surface area (Å²) in [7, 11) is 3.57. The summed E-state index contributed by atoms with van der Waals surface area (Å²) < 4.78 is 5.49. The highest BCUT2D eigenvalue weighted by Crippen LogP contribution is 2.28. The first-order valence-electron chi connectivity index (χ1n) is 8.69. The van der Waals surface area contributed by atoms with Gasteiger partial charge in [-0.25, -0.2) is 0 Å². The molecule has 5 nitrogen and oxygen atoms in total. The Hall–Kier alpha value is -1.96. The molecular weight excluding hydrogens is 439 g/mol. The van der Waals surface area contributed by atoms with Crippen molar-refractivity contribution in [3.63, 3.8) is 0 Å². The van der Waals surface area contributed by atoms with Crippen LogP contribution in [0.25, 0.3) is 0 Å². The molecule has 26 heavy (non-hydrogen) atoms. The lowest BCUT2D eigenvalue weighted by atomic mass is 10.2. The molecule has 0 amide bonds. The molecule has 1 aliphatic heterocycles. The Morgan fingerprint density at radius 2 is 1.65 bits per heavy atom. The minimum Gasteiger partial charge on any atom is -0.495 e. The van der Waals surface area contributed by atoms with Crippen LogP contribution in [0.1, 0.15) is 5.56 Å². The number of rotatable bonds is 4. The highest BCUT2D eigenvalue weighted by molar-refractivity contribution is 14.0. The van der Waals surface area contributed by atoms with Crippen LogP contribution < -0.4 is 15.0 Å². The van der Waals surface area contributed by atoms with Gasteiger partial charge in [0.25, 0.3) is 0 Å². The van der Waals surface area contributed by atoms with Gasteiger partial charge in [0.15, 0.2) is 5.96 Å². The third-order valence-electron chi connectivity index (χ3n) is 4.51. The van der Waals surface area contributed by atoms with Crippen molar-refractivity contribution in [3.05, 3.63) is 60.2 Å². The lowest BCUT2D eigenvalue weighted by Crippen LogP contribution is -2.52. The maximum Gasteiger partial charge on any atom is 0.194 e. The van der Waals surface area contributed by atoms with E-state index in [2.05, 4.69) is 56.5 Å². The van der Waals surface area contributed by atoms with Crippen LogP contribution in [0.5, 0.6) is 5.75 Å². The van der Waals surface area contributed by atoms with Gasteiger partial charge >= 0.3 is 0 Å². The van der Waals surface area contributed by atoms with E-state index in [1.165, 1.54) is 5.56 Å². The van der Waals surface area contributed by atoms with E-state index in [1.807, 2.05) is 25.2 Å². The molecule has 1 heterocycles. The highest BCUT2D eigenvalue weighted by Gasteiger charge is 2.21. The molecule has 0 bridgehead atoms. The molecule has 0 saturated carbocycles. The first kappa shape index (κ1) is 20.4. The van der Waals surface area contributed by atoms with E-state index >= 15 is 0 Å². The maximum atomic E-state index is 5.49. The fourth-order valence-corrected chi connectivity index (χ4v) is 3.16. The molecule has 0 aliphatic carbocycles. The highest BCUT2D eigenvalue weighted by atomic mass is 127. The van der Waals surface area contributed by atoms with Crippen molar-refractivity contribution in [1.29, 1.82) is 0 Å². The molecule has 0 radical (unpaired) electrons. The average molecular weight is 466 g/mol. The van der Waals surface area contributed by atoms with Gasteiger partial charge in [-0.2, -0.15) is 0 Å². The summed E-state index contributed by atoms with van der Waals surface area (Å²) in [4.78, 5) is 9.14. The van der Waals surface area contributed by atoms with Crippen molar-refractivity contribution >= 4 is 35.6 Å². The molecule has 6 heteroatoms. The quantitative estimate of drug-likeness (QED) is 0.427. The number of aliphatic imine (C=N–C) groups is 1. The Morgan fingerprint density at radius 3 is 2.31 bits per heavy atom. The summed E-state index contributed by atoms with van der Waals surface area (Å²) in [5, 5.41) is 3.47. The molecule has 1 aliphatic rings. The number of hydrogen-bond donors (Lipinski definition) is 1. The van der Waals surface area contributed by atoms with Crippen LogP contribution in [0.4, 0.5) is 5.69 Å². The second-order valence-electron chi connectivity index (χ2n) is 6.03. The van der Waals surface area contributed by atoms with Crippen LogP contribution in [0, 0.1) is 0 Å². The molecule has 2 aromatic carbocycles. The Kier molecular flexibility index (Phi) is 8.03. The number of halogens is 1. The summed E-state index contributed by atoms with van der Waals surface area (Å²) in [6.07, 6.45) is 0. The van der Waals surface area contributed by atoms with Gasteiger partial charge < -0.3 is 19.9 Å². The number of anilines is 1. The average Bonchev–Trinajstić information content (AvgIpc) is 2.70. The molecule has 0 spiro atoms. The van der Waals surface area contributed by atoms with Crippen molar-refractivity contribution in [2.45, 2.75) is 6.54 Å². The lowest BCUT2D eigenvalue weighted by Gasteiger charge is -2.38. The van der Waals surface area contributed by atoms with Crippen LogP contribution in [0.2, 0.25) is 0 Å². The predicted molar refractivity (Wildman–Crippen MR) is 119 cm³/mol. The molecule has 0 unspecified atom stereocenters. The van der Waals surface area contributed by atoms with Crippen LogP contribution in [0.15, 0.2) is 59.6 Å². The monoisotopic (exact) mass is 466 g/mol. The second-order valence-corrected chi connectivity index (χ2v) is 6.03. The predicted octanol–water partition coefficient (Wildman–Crippen LogP) is 3.21. The minimum absolute atomic E-state index is 0. The van der Waals surface area contributed by atoms with Crippen molar-refractivity contribution < 1.29 is 4.74 Å². The number of hydrogen-bond acceptors (Lipinski definition) is 3. The topological polar surface area (TPSA) is 40.1 Å². The molecule has 1 saturated heterocycles. The number of nitrogens with zero attached hydrogens (tertiary/aromatic N) is 3. The summed E-state index contributed by atoms with van der Waals surface area (Å²) in [5.41, 5.74) is 2.42. The molecule has 3 rings (SSSR count). The van der Waals surface area contributed by atoms with Crippen LogP contribution in [0.3, 0.4) is 0 Å². The van der Waals surface area contributed by atoms with E-state index < -0.39 is 0 Å². The number of ether oxygens (including phenoxy) is 1. The van der Waals surface area contributed by atoms with Gasteiger partial charge in [-0.3, -0.25) is 4.99 Å². The van der Waals surface area contributed by atoms with Gasteiger partial charge in [-0.1, -0.05) is 42.5 Å². The van der Waals surface area contributed by atoms with Crippen molar-refractivity contribution in [2.24, 2.45) is 4.99 Å². The molecule has 0 atom stereocenters. The standard InChI is InChI=1S/C20H26N4O.HI/c1-21-20(22-16-17-8-4-3-5-9-17)24-14-12-23(13-15-24)18-10-6-7-11-19(18)25-2;/h3-11H,12-16H2,1-2H3,(H,21,22);1H. The molecule has 2 aromatic rings. The van der Waals surface area contributed by atoms with E-state index in [4.69, 9.17) is 4.74 Å². The number of methoxy groups -OCH3 is 1. The number of guanidine groups is 1. The van der Waals surface area contributed by atoms with E-state index in [9.17, 15) is 0 Å². The van der Waals surface area contributed by atoms with Crippen molar-refractivity contribution in [2.75, 3.05) is 45.2 Å². The van der Waals surface area contributed by atoms with Crippen LogP contribution in [-0.4, -0.2) is 51.2 Å². The minimum atomic E-state index is 0. The van der Waals surface area contributed by atoms with Crippen LogP contribution >= 0.6 is 24.0 Å². The summed E-state index contributed by atoms with van der Waals surface area (Å²) in [6.45, 7) is 4.57. The zero-order valence-electron chi connectivity index (χ0n) is 15.4. The summed E-state index contributed by atoms with van der Waals surface area (Å²) >= 11 is 0. The summed E-state index contributed by atoms with van der Waals surface area (Å²) in [5.74, 6) is 1.89. The fraction of sp³-hybridized carbons (Fsp3) is 0.350. The van der Waals surface area contributed by atoms with Gasteiger partial charge in [0.05, 0.1) is 12.8 Å². The third-order valence-corrected chi connectivity index (χ3v) is 4.51. The van der Waals surface area contributed by atoms with Gasteiger partial charge in [-0.05, 0) is 17.7 Å². The smallest absolute Gasteiger partial charge is 0.194 e. The molecular formula is C20H27IN4O. The number of para-hydroxylation sites is 2. The lowest BCUT2D eigenvalue weighted by molar-refractivity contribution is 0.367. The Bertz CT molecular complexity index is 700. The normalized spacial score (nSPS) is 14.6. The third kappa shape index (κ3) is 5.03. The van der Waals surface area contributed by atoms with Crippen molar-refractivity contribution in [3.8, 4) is 5.75 Å². The fourth-order valence-electron chi connectivity index (χ4n) is 3.16. The summed E-state index contributed by atoms with van der Waals surface area (Å²) in [6, 6.07) is 18.6. The number of benzene rings is 2. The van der Waals surface area contributed by atoms with Crippen molar-refractivity contribution in [1.82, 2.24) is 10.2 Å². The Labute approximate surface area is 173 Å². The van der Waals surface area contributed by atoms with E-state index in [0.29, 0.717) is 0 Å². The largest absolute Gasteiger partial charge is 0.495 e. The molecule has 0 aromatic heterocycles. The Morgan fingerprint density at radius 1 is 1.00 bits per heavy atom. The Balaban J connectivity index is 0.00000243. The molecule has 140 valence electrons. The maximum absolute atomic E-state index is 5.49. The van der Waals surface area contributed by atoms with Gasteiger partial charge in [0.2, 0.25) is 0 Å². The number of nitrogens with one attached hydrogen (secondary N) is 1. The van der Waals surface area contributed by atoms with E-state index in [1.54, 1.807) is 7.11 Å². The van der Waals surface area contributed by atoms with Gasteiger partial charge in [0, 0.05) is 39.8 Å². The van der Waals surface area contributed by atoms with Gasteiger partial charge in [0.1, 0.15) is 5.75 Å². The zero-order chi connectivity index (χ0) is 17.5.